The van der Waals surface area contributed by atoms with Gasteiger partial charge in [0.25, 0.3) is 5.91 Å². The lowest BCUT2D eigenvalue weighted by Crippen LogP contribution is -2.31. The molecule has 1 N–H and O–H groups in total. The van der Waals surface area contributed by atoms with Gasteiger partial charge < -0.3 is 14.5 Å². The Kier molecular flexibility index (Phi) is 4.68. The predicted molar refractivity (Wildman–Crippen MR) is 81.5 cm³/mol. The van der Waals surface area contributed by atoms with Crippen LogP contribution in [0.5, 0.6) is 5.75 Å². The molecule has 1 unspecified atom stereocenters. The van der Waals surface area contributed by atoms with E-state index in [1.54, 1.807) is 13.2 Å². The van der Waals surface area contributed by atoms with Crippen LogP contribution in [-0.4, -0.2) is 13.0 Å². The third-order valence-corrected chi connectivity index (χ3v) is 3.50. The largest absolute Gasteiger partial charge is 0.497 e. The van der Waals surface area contributed by atoms with Gasteiger partial charge in [0, 0.05) is 5.56 Å². The van der Waals surface area contributed by atoms with Gasteiger partial charge in [-0.15, -0.1) is 0 Å². The Labute approximate surface area is 125 Å². The Morgan fingerprint density at radius 2 is 1.86 bits per heavy atom. The maximum Gasteiger partial charge on any atom is 0.287 e. The molecule has 1 aromatic carbocycles. The van der Waals surface area contributed by atoms with Crippen molar-refractivity contribution in [1.82, 2.24) is 5.32 Å². The zero-order chi connectivity index (χ0) is 15.4. The molecule has 0 aliphatic rings. The van der Waals surface area contributed by atoms with Crippen molar-refractivity contribution in [3.8, 4) is 5.75 Å². The average Bonchev–Trinajstić information content (AvgIpc) is 2.90. The van der Waals surface area contributed by atoms with Crippen molar-refractivity contribution in [2.24, 2.45) is 5.92 Å². The van der Waals surface area contributed by atoms with E-state index < -0.39 is 0 Å². The van der Waals surface area contributed by atoms with Crippen LogP contribution in [0.1, 0.15) is 41.6 Å². The Morgan fingerprint density at radius 1 is 1.19 bits per heavy atom. The first-order valence-corrected chi connectivity index (χ1v) is 7.02. The fourth-order valence-corrected chi connectivity index (χ4v) is 2.26. The summed E-state index contributed by atoms with van der Waals surface area (Å²) in [6.45, 7) is 6.00. The summed E-state index contributed by atoms with van der Waals surface area (Å²) in [6.07, 6.45) is 1.53. The van der Waals surface area contributed by atoms with Crippen LogP contribution in [0.25, 0.3) is 0 Å². The minimum Gasteiger partial charge on any atom is -0.497 e. The van der Waals surface area contributed by atoms with E-state index in [0.717, 1.165) is 16.9 Å². The molecular weight excluding hydrogens is 266 g/mol. The standard InChI is InChI=1S/C17H21NO3/c1-11(2)15(13-5-7-14(20-4)8-6-13)18-17(19)16-12(3)9-10-21-16/h5-11,15H,1-4H3,(H,18,19). The third-order valence-electron chi connectivity index (χ3n) is 3.50. The van der Waals surface area contributed by atoms with Crippen molar-refractivity contribution in [3.05, 3.63) is 53.5 Å². The number of methoxy groups -OCH3 is 1. The van der Waals surface area contributed by atoms with Crippen LogP contribution in [-0.2, 0) is 0 Å². The number of amides is 1. The highest BCUT2D eigenvalue weighted by molar-refractivity contribution is 5.93. The second kappa shape index (κ2) is 6.48. The average molecular weight is 287 g/mol. The van der Waals surface area contributed by atoms with Gasteiger partial charge >= 0.3 is 0 Å². The predicted octanol–water partition coefficient (Wildman–Crippen LogP) is 3.72. The number of hydrogen-bond donors (Lipinski definition) is 1. The third kappa shape index (κ3) is 3.45. The quantitative estimate of drug-likeness (QED) is 0.911. The topological polar surface area (TPSA) is 51.5 Å². The van der Waals surface area contributed by atoms with Crippen LogP contribution in [0.4, 0.5) is 0 Å². The van der Waals surface area contributed by atoms with Gasteiger partial charge in [-0.1, -0.05) is 26.0 Å². The highest BCUT2D eigenvalue weighted by atomic mass is 16.5. The molecule has 4 nitrogen and oxygen atoms in total. The maximum absolute atomic E-state index is 12.3. The molecule has 0 spiro atoms. The molecule has 2 rings (SSSR count). The Bertz CT molecular complexity index is 599. The molecule has 21 heavy (non-hydrogen) atoms. The molecule has 0 aliphatic heterocycles. The zero-order valence-electron chi connectivity index (χ0n) is 12.8. The van der Waals surface area contributed by atoms with E-state index in [1.165, 1.54) is 6.26 Å². The summed E-state index contributed by atoms with van der Waals surface area (Å²) < 4.78 is 10.4. The summed E-state index contributed by atoms with van der Waals surface area (Å²) in [5, 5.41) is 3.04. The summed E-state index contributed by atoms with van der Waals surface area (Å²) in [4.78, 5) is 12.3. The SMILES string of the molecule is COc1ccc(C(NC(=O)c2occc2C)C(C)C)cc1. The fraction of sp³-hybridized carbons (Fsp3) is 0.353. The van der Waals surface area contributed by atoms with Crippen LogP contribution in [0, 0.1) is 12.8 Å². The van der Waals surface area contributed by atoms with Crippen molar-refractivity contribution in [3.63, 3.8) is 0 Å². The summed E-state index contributed by atoms with van der Waals surface area (Å²) >= 11 is 0. The Hall–Kier alpha value is -2.23. The van der Waals surface area contributed by atoms with Crippen molar-refractivity contribution < 1.29 is 13.9 Å². The number of ether oxygens (including phenoxy) is 1. The van der Waals surface area contributed by atoms with Gasteiger partial charge in [0.2, 0.25) is 0 Å². The van der Waals surface area contributed by atoms with Crippen LogP contribution >= 0.6 is 0 Å². The summed E-state index contributed by atoms with van der Waals surface area (Å²) in [7, 11) is 1.64. The molecule has 1 amide bonds. The van der Waals surface area contributed by atoms with Gasteiger partial charge in [0.05, 0.1) is 19.4 Å². The lowest BCUT2D eigenvalue weighted by atomic mass is 9.95. The molecular formula is C17H21NO3. The van der Waals surface area contributed by atoms with Gasteiger partial charge in [-0.3, -0.25) is 4.79 Å². The maximum atomic E-state index is 12.3. The van der Waals surface area contributed by atoms with Gasteiger partial charge in [-0.05, 0) is 36.6 Å². The molecule has 0 bridgehead atoms. The van der Waals surface area contributed by atoms with Crippen molar-refractivity contribution in [1.29, 1.82) is 0 Å². The van der Waals surface area contributed by atoms with E-state index in [0.29, 0.717) is 5.76 Å². The Balaban J connectivity index is 2.19. The minimum atomic E-state index is -0.188. The second-order valence-corrected chi connectivity index (χ2v) is 5.40. The van der Waals surface area contributed by atoms with Crippen molar-refractivity contribution in [2.45, 2.75) is 26.8 Å². The first kappa shape index (κ1) is 15.2. The monoisotopic (exact) mass is 287 g/mol. The molecule has 1 atom stereocenters. The molecule has 0 saturated heterocycles. The summed E-state index contributed by atoms with van der Waals surface area (Å²) in [5.41, 5.74) is 1.88. The van der Waals surface area contributed by atoms with E-state index in [1.807, 2.05) is 31.2 Å². The second-order valence-electron chi connectivity index (χ2n) is 5.40. The normalized spacial score (nSPS) is 12.2. The number of carbonyl (C=O) groups excluding carboxylic acids is 1. The molecule has 0 aliphatic carbocycles. The first-order chi connectivity index (χ1) is 10.0. The summed E-state index contributed by atoms with van der Waals surface area (Å²) in [6, 6.07) is 9.45. The van der Waals surface area contributed by atoms with E-state index in [9.17, 15) is 4.79 Å². The van der Waals surface area contributed by atoms with Crippen LogP contribution in [0.15, 0.2) is 41.0 Å². The van der Waals surface area contributed by atoms with E-state index in [-0.39, 0.29) is 17.9 Å². The highest BCUT2D eigenvalue weighted by Crippen LogP contribution is 2.24. The van der Waals surface area contributed by atoms with E-state index in [4.69, 9.17) is 9.15 Å². The fourth-order valence-electron chi connectivity index (χ4n) is 2.26. The smallest absolute Gasteiger partial charge is 0.287 e. The summed E-state index contributed by atoms with van der Waals surface area (Å²) in [5.74, 6) is 1.24. The molecule has 0 fully saturated rings. The van der Waals surface area contributed by atoms with E-state index in [2.05, 4.69) is 19.2 Å². The number of furan rings is 1. The first-order valence-electron chi connectivity index (χ1n) is 7.02. The lowest BCUT2D eigenvalue weighted by molar-refractivity contribution is 0.0896. The van der Waals surface area contributed by atoms with Crippen LogP contribution < -0.4 is 10.1 Å². The molecule has 1 heterocycles. The molecule has 2 aromatic rings. The van der Waals surface area contributed by atoms with E-state index >= 15 is 0 Å². The number of aryl methyl sites for hydroxylation is 1. The Morgan fingerprint density at radius 3 is 2.33 bits per heavy atom. The van der Waals surface area contributed by atoms with Crippen molar-refractivity contribution in [2.75, 3.05) is 7.11 Å². The van der Waals surface area contributed by atoms with Gasteiger partial charge in [-0.2, -0.15) is 0 Å². The van der Waals surface area contributed by atoms with Gasteiger partial charge in [-0.25, -0.2) is 0 Å². The highest BCUT2D eigenvalue weighted by Gasteiger charge is 2.21. The molecule has 0 saturated carbocycles. The molecule has 1 aromatic heterocycles. The van der Waals surface area contributed by atoms with Gasteiger partial charge in [0.1, 0.15) is 5.75 Å². The lowest BCUT2D eigenvalue weighted by Gasteiger charge is -2.22. The number of carbonyl (C=O) groups is 1. The van der Waals surface area contributed by atoms with Crippen molar-refractivity contribution >= 4 is 5.91 Å². The van der Waals surface area contributed by atoms with Crippen LogP contribution in [0.2, 0.25) is 0 Å². The number of benzene rings is 1. The molecule has 0 radical (unpaired) electrons. The molecule has 4 heteroatoms. The van der Waals surface area contributed by atoms with Crippen LogP contribution in [0.3, 0.4) is 0 Å². The number of rotatable bonds is 5. The zero-order valence-corrected chi connectivity index (χ0v) is 12.8. The number of nitrogens with one attached hydrogen (secondary N) is 1. The minimum absolute atomic E-state index is 0.0760. The molecule has 112 valence electrons. The van der Waals surface area contributed by atoms with Gasteiger partial charge in [0.15, 0.2) is 5.76 Å². The number of hydrogen-bond acceptors (Lipinski definition) is 3.